The number of amides is 3. The minimum atomic E-state index is -0.620. The fraction of sp³-hybridized carbons (Fsp3) is 0.400. The Bertz CT molecular complexity index is 613. The molecule has 6 nitrogen and oxygen atoms in total. The summed E-state index contributed by atoms with van der Waals surface area (Å²) in [5.41, 5.74) is 2.00. The first-order chi connectivity index (χ1) is 10.0. The predicted molar refractivity (Wildman–Crippen MR) is 73.3 cm³/mol. The molecule has 0 radical (unpaired) electrons. The molecule has 0 aromatic heterocycles. The predicted octanol–water partition coefficient (Wildman–Crippen LogP) is 1.29. The molecule has 2 unspecified atom stereocenters. The Morgan fingerprint density at radius 1 is 1.29 bits per heavy atom. The van der Waals surface area contributed by atoms with Gasteiger partial charge in [-0.3, -0.25) is 19.8 Å². The van der Waals surface area contributed by atoms with Gasteiger partial charge >= 0.3 is 6.09 Å². The van der Waals surface area contributed by atoms with Gasteiger partial charge in [-0.05, 0) is 18.9 Å². The van der Waals surface area contributed by atoms with Crippen LogP contribution in [0, 0.1) is 6.92 Å². The van der Waals surface area contributed by atoms with Gasteiger partial charge in [0.25, 0.3) is 0 Å². The lowest BCUT2D eigenvalue weighted by atomic mass is 10.0. The lowest BCUT2D eigenvalue weighted by Crippen LogP contribution is -2.52. The molecular formula is C15H16N2O4. The first-order valence-corrected chi connectivity index (χ1v) is 6.92. The minimum absolute atomic E-state index is 0.245. The Hall–Kier alpha value is -2.37. The largest absolute Gasteiger partial charge is 0.439 e. The van der Waals surface area contributed by atoms with Crippen LogP contribution >= 0.6 is 0 Å². The summed E-state index contributed by atoms with van der Waals surface area (Å²) >= 11 is 0. The summed E-state index contributed by atoms with van der Waals surface area (Å²) in [5.74, 6) is -0.716. The van der Waals surface area contributed by atoms with Gasteiger partial charge in [0, 0.05) is 6.42 Å². The zero-order valence-electron chi connectivity index (χ0n) is 11.7. The van der Waals surface area contributed by atoms with E-state index in [1.165, 1.54) is 4.90 Å². The number of piperidine rings is 1. The molecule has 2 atom stereocenters. The van der Waals surface area contributed by atoms with Gasteiger partial charge in [-0.15, -0.1) is 0 Å². The lowest BCUT2D eigenvalue weighted by Gasteiger charge is -2.27. The standard InChI is InChI=1S/C15H16N2O4/c1-9-3-2-4-10(7-9)12-8-17(15(20)21-12)11-5-6-13(18)16-14(11)19/h2-4,7,11-12H,5-6,8H2,1H3,(H,16,18,19). The maximum Gasteiger partial charge on any atom is 0.411 e. The molecule has 2 aliphatic heterocycles. The summed E-state index contributed by atoms with van der Waals surface area (Å²) in [6.45, 7) is 2.30. The smallest absolute Gasteiger partial charge is 0.411 e. The van der Waals surface area contributed by atoms with Crippen molar-refractivity contribution < 1.29 is 19.1 Å². The summed E-state index contributed by atoms with van der Waals surface area (Å²) in [5, 5.41) is 2.26. The van der Waals surface area contributed by atoms with Crippen molar-refractivity contribution in [2.45, 2.75) is 31.9 Å². The van der Waals surface area contributed by atoms with Crippen molar-refractivity contribution in [1.29, 1.82) is 0 Å². The molecule has 2 aliphatic rings. The van der Waals surface area contributed by atoms with Crippen molar-refractivity contribution in [3.8, 4) is 0 Å². The van der Waals surface area contributed by atoms with Crippen molar-refractivity contribution in [3.05, 3.63) is 35.4 Å². The van der Waals surface area contributed by atoms with Crippen LogP contribution in [0.5, 0.6) is 0 Å². The Labute approximate surface area is 122 Å². The lowest BCUT2D eigenvalue weighted by molar-refractivity contribution is -0.136. The molecular weight excluding hydrogens is 272 g/mol. The number of ether oxygens (including phenoxy) is 1. The molecule has 0 spiro atoms. The number of hydrogen-bond donors (Lipinski definition) is 1. The zero-order chi connectivity index (χ0) is 15.0. The third-order valence-corrected chi connectivity index (χ3v) is 3.84. The van der Waals surface area contributed by atoms with E-state index in [9.17, 15) is 14.4 Å². The molecule has 2 fully saturated rings. The van der Waals surface area contributed by atoms with Crippen molar-refractivity contribution in [2.24, 2.45) is 0 Å². The van der Waals surface area contributed by atoms with Crippen LogP contribution in [0.3, 0.4) is 0 Å². The number of imide groups is 1. The Morgan fingerprint density at radius 2 is 2.10 bits per heavy atom. The fourth-order valence-corrected chi connectivity index (χ4v) is 2.76. The molecule has 3 amide bonds. The molecule has 0 saturated carbocycles. The maximum absolute atomic E-state index is 12.0. The van der Waals surface area contributed by atoms with Crippen LogP contribution < -0.4 is 5.32 Å². The van der Waals surface area contributed by atoms with E-state index in [2.05, 4.69) is 5.32 Å². The van der Waals surface area contributed by atoms with E-state index in [4.69, 9.17) is 4.74 Å². The number of cyclic esters (lactones) is 1. The SMILES string of the molecule is Cc1cccc(C2CN(C3CCC(=O)NC3=O)C(=O)O2)c1. The summed E-state index contributed by atoms with van der Waals surface area (Å²) in [4.78, 5) is 36.4. The summed E-state index contributed by atoms with van der Waals surface area (Å²) in [6.07, 6.45) is -0.283. The van der Waals surface area contributed by atoms with E-state index in [0.29, 0.717) is 13.0 Å². The highest BCUT2D eigenvalue weighted by Crippen LogP contribution is 2.29. The van der Waals surface area contributed by atoms with Gasteiger partial charge in [0.1, 0.15) is 12.1 Å². The highest BCUT2D eigenvalue weighted by atomic mass is 16.6. The molecule has 110 valence electrons. The molecule has 2 saturated heterocycles. The number of benzene rings is 1. The average molecular weight is 288 g/mol. The molecule has 3 rings (SSSR count). The summed E-state index contributed by atoms with van der Waals surface area (Å²) in [7, 11) is 0. The van der Waals surface area contributed by atoms with E-state index >= 15 is 0 Å². The summed E-state index contributed by atoms with van der Waals surface area (Å²) < 4.78 is 5.37. The van der Waals surface area contributed by atoms with E-state index in [1.807, 2.05) is 31.2 Å². The number of carbonyl (C=O) groups excluding carboxylic acids is 3. The van der Waals surface area contributed by atoms with E-state index in [0.717, 1.165) is 11.1 Å². The van der Waals surface area contributed by atoms with Crippen molar-refractivity contribution in [2.75, 3.05) is 6.54 Å². The first kappa shape index (κ1) is 13.6. The number of rotatable bonds is 2. The van der Waals surface area contributed by atoms with E-state index in [-0.39, 0.29) is 18.4 Å². The zero-order valence-corrected chi connectivity index (χ0v) is 11.7. The molecule has 1 aromatic rings. The third-order valence-electron chi connectivity index (χ3n) is 3.84. The molecule has 1 aromatic carbocycles. The van der Waals surface area contributed by atoms with Crippen LogP contribution in [-0.2, 0) is 14.3 Å². The second-order valence-electron chi connectivity index (χ2n) is 5.41. The highest BCUT2D eigenvalue weighted by Gasteiger charge is 2.41. The number of aryl methyl sites for hydroxylation is 1. The molecule has 6 heteroatoms. The number of carbonyl (C=O) groups is 3. The first-order valence-electron chi connectivity index (χ1n) is 6.92. The van der Waals surface area contributed by atoms with Gasteiger partial charge in [0.15, 0.2) is 0 Å². The molecule has 0 bridgehead atoms. The van der Waals surface area contributed by atoms with Crippen LogP contribution in [0.2, 0.25) is 0 Å². The normalized spacial score (nSPS) is 25.8. The van der Waals surface area contributed by atoms with Gasteiger partial charge in [0.2, 0.25) is 11.8 Å². The number of hydrogen-bond acceptors (Lipinski definition) is 4. The van der Waals surface area contributed by atoms with Crippen LogP contribution in [0.25, 0.3) is 0 Å². The third kappa shape index (κ3) is 2.61. The van der Waals surface area contributed by atoms with Gasteiger partial charge in [-0.1, -0.05) is 29.8 Å². The number of nitrogens with zero attached hydrogens (tertiary/aromatic N) is 1. The van der Waals surface area contributed by atoms with Crippen molar-refractivity contribution in [1.82, 2.24) is 10.2 Å². The van der Waals surface area contributed by atoms with Gasteiger partial charge in [-0.25, -0.2) is 4.79 Å². The highest BCUT2D eigenvalue weighted by molar-refractivity contribution is 6.01. The van der Waals surface area contributed by atoms with Crippen LogP contribution in [-0.4, -0.2) is 35.4 Å². The molecule has 1 N–H and O–H groups in total. The molecule has 2 heterocycles. The van der Waals surface area contributed by atoms with E-state index in [1.54, 1.807) is 0 Å². The topological polar surface area (TPSA) is 75.7 Å². The van der Waals surface area contributed by atoms with Crippen molar-refractivity contribution in [3.63, 3.8) is 0 Å². The molecule has 0 aliphatic carbocycles. The molecule has 21 heavy (non-hydrogen) atoms. The maximum atomic E-state index is 12.0. The second-order valence-corrected chi connectivity index (χ2v) is 5.41. The quantitative estimate of drug-likeness (QED) is 0.832. The van der Waals surface area contributed by atoms with Crippen LogP contribution in [0.1, 0.15) is 30.1 Å². The minimum Gasteiger partial charge on any atom is -0.439 e. The Balaban J connectivity index is 1.76. The fourth-order valence-electron chi connectivity index (χ4n) is 2.76. The van der Waals surface area contributed by atoms with Gasteiger partial charge in [-0.2, -0.15) is 0 Å². The van der Waals surface area contributed by atoms with Gasteiger partial charge in [0.05, 0.1) is 6.54 Å². The monoisotopic (exact) mass is 288 g/mol. The van der Waals surface area contributed by atoms with Crippen molar-refractivity contribution >= 4 is 17.9 Å². The second kappa shape index (κ2) is 5.20. The van der Waals surface area contributed by atoms with E-state index < -0.39 is 18.0 Å². The van der Waals surface area contributed by atoms with Gasteiger partial charge < -0.3 is 4.74 Å². The number of nitrogens with one attached hydrogen (secondary N) is 1. The van der Waals surface area contributed by atoms with Crippen LogP contribution in [0.4, 0.5) is 4.79 Å². The van der Waals surface area contributed by atoms with Crippen LogP contribution in [0.15, 0.2) is 24.3 Å². The average Bonchev–Trinajstić information content (AvgIpc) is 2.81. The Kier molecular flexibility index (Phi) is 3.37. The summed E-state index contributed by atoms with van der Waals surface area (Å²) in [6, 6.07) is 7.13. The Morgan fingerprint density at radius 3 is 2.81 bits per heavy atom.